The maximum atomic E-state index is 16.3. The summed E-state index contributed by atoms with van der Waals surface area (Å²) in [6, 6.07) is 4.52. The van der Waals surface area contributed by atoms with Crippen LogP contribution in [0.2, 0.25) is 0 Å². The van der Waals surface area contributed by atoms with E-state index < -0.39 is 55.3 Å². The molecule has 3 aliphatic heterocycles. The number of anilines is 1. The second-order valence-electron chi connectivity index (χ2n) is 10.4. The lowest BCUT2D eigenvalue weighted by Crippen LogP contribution is -2.54. The highest BCUT2D eigenvalue weighted by Gasteiger charge is 2.47. The van der Waals surface area contributed by atoms with Crippen LogP contribution in [-0.2, 0) is 9.53 Å². The van der Waals surface area contributed by atoms with Crippen molar-refractivity contribution < 1.29 is 31.0 Å². The highest BCUT2D eigenvalue weighted by molar-refractivity contribution is 6.01. The Bertz CT molecular complexity index is 1780. The van der Waals surface area contributed by atoms with Crippen molar-refractivity contribution in [3.8, 4) is 16.9 Å². The molecule has 4 fully saturated rings. The van der Waals surface area contributed by atoms with Crippen LogP contribution < -0.4 is 10.5 Å². The number of halogens is 1. The molecule has 0 atom stereocenters. The summed E-state index contributed by atoms with van der Waals surface area (Å²) >= 11 is 0. The summed E-state index contributed by atoms with van der Waals surface area (Å²) in [4.78, 5) is 24.5. The van der Waals surface area contributed by atoms with E-state index in [2.05, 4.69) is 14.9 Å². The molecule has 0 spiro atoms. The Kier molecular flexibility index (Phi) is 4.06. The molecule has 2 N–H and O–H groups in total. The van der Waals surface area contributed by atoms with Gasteiger partial charge in [-0.3, -0.25) is 9.69 Å². The summed E-state index contributed by atoms with van der Waals surface area (Å²) in [5.74, 6) is -1.17. The Morgan fingerprint density at radius 1 is 1.21 bits per heavy atom. The minimum Gasteiger partial charge on any atom is -0.487 e. The van der Waals surface area contributed by atoms with Gasteiger partial charge in [0.05, 0.1) is 12.8 Å². The number of aromatic nitrogens is 3. The minimum absolute atomic E-state index is 0.0366. The fraction of sp³-hybridized carbons (Fsp3) is 0.552. The van der Waals surface area contributed by atoms with Gasteiger partial charge in [-0.2, -0.15) is 0 Å². The average molecular weight is 544 g/mol. The molecule has 1 saturated carbocycles. The van der Waals surface area contributed by atoms with Gasteiger partial charge in [-0.1, -0.05) is 12.1 Å². The van der Waals surface area contributed by atoms with Gasteiger partial charge in [0.15, 0.2) is 11.6 Å². The third-order valence-electron chi connectivity index (χ3n) is 8.11. The van der Waals surface area contributed by atoms with Gasteiger partial charge in [0.25, 0.3) is 0 Å². The molecule has 4 aliphatic rings. The number of nitrogens with zero attached hydrogens (tertiary/aromatic N) is 5. The summed E-state index contributed by atoms with van der Waals surface area (Å²) in [6.45, 7) is 3.39. The Balaban J connectivity index is 1.18. The predicted molar refractivity (Wildman–Crippen MR) is 145 cm³/mol. The summed E-state index contributed by atoms with van der Waals surface area (Å²) in [5.41, 5.74) is 4.28. The maximum Gasteiger partial charge on any atom is 0.219 e. The molecule has 0 radical (unpaired) electrons. The fourth-order valence-electron chi connectivity index (χ4n) is 5.84. The van der Waals surface area contributed by atoms with Gasteiger partial charge >= 0.3 is 0 Å². The number of piperazine rings is 1. The van der Waals surface area contributed by atoms with Crippen LogP contribution >= 0.6 is 0 Å². The van der Waals surface area contributed by atoms with Gasteiger partial charge in [0, 0.05) is 73.5 Å². The van der Waals surface area contributed by atoms with E-state index in [9.17, 15) is 4.79 Å². The lowest BCUT2D eigenvalue weighted by molar-refractivity contribution is -0.131. The van der Waals surface area contributed by atoms with Gasteiger partial charge < -0.3 is 24.7 Å². The molecule has 10 heteroatoms. The molecule has 0 unspecified atom stereocenters. The lowest BCUT2D eigenvalue weighted by atomic mass is 9.85. The zero-order valence-electron chi connectivity index (χ0n) is 30.4. The minimum atomic E-state index is -3.28. The van der Waals surface area contributed by atoms with Gasteiger partial charge in [-0.05, 0) is 44.4 Å². The Hall–Kier alpha value is -3.24. The summed E-state index contributed by atoms with van der Waals surface area (Å²) in [7, 11) is 0. The molecule has 9 nitrogen and oxygen atoms in total. The molecule has 3 aromatic rings. The fourth-order valence-corrected chi connectivity index (χ4v) is 5.84. The summed E-state index contributed by atoms with van der Waals surface area (Å²) in [6.07, 6.45) is -11.6. The van der Waals surface area contributed by atoms with E-state index in [4.69, 9.17) is 27.5 Å². The highest BCUT2D eigenvalue weighted by Crippen LogP contribution is 2.45. The van der Waals surface area contributed by atoms with Gasteiger partial charge in [0.2, 0.25) is 5.91 Å². The first kappa shape index (κ1) is 16.8. The number of nitrogens with two attached hydrogens (primary N) is 1. The summed E-state index contributed by atoms with van der Waals surface area (Å²) < 4.78 is 105. The van der Waals surface area contributed by atoms with Crippen molar-refractivity contribution in [2.45, 2.75) is 69.0 Å². The molecule has 3 saturated heterocycles. The molecule has 39 heavy (non-hydrogen) atoms. The second kappa shape index (κ2) is 9.45. The van der Waals surface area contributed by atoms with E-state index in [-0.39, 0.29) is 23.3 Å². The molecule has 1 aromatic carbocycles. The van der Waals surface area contributed by atoms with E-state index >= 15 is 4.39 Å². The van der Waals surface area contributed by atoms with E-state index in [1.54, 1.807) is 13.1 Å². The quantitative estimate of drug-likeness (QED) is 0.505. The number of hydrogen-bond acceptors (Lipinski definition) is 7. The molecule has 2 bridgehead atoms. The van der Waals surface area contributed by atoms with E-state index in [1.807, 2.05) is 9.47 Å². The molecule has 206 valence electrons. The Morgan fingerprint density at radius 3 is 2.72 bits per heavy atom. The van der Waals surface area contributed by atoms with Crippen molar-refractivity contribution in [3.05, 3.63) is 36.5 Å². The number of nitrogen functional groups attached to an aromatic ring is 1. The van der Waals surface area contributed by atoms with Crippen LogP contribution in [0.4, 0.5) is 10.2 Å². The molecular formula is C29H35FN6O3. The van der Waals surface area contributed by atoms with E-state index in [0.29, 0.717) is 35.7 Å². The van der Waals surface area contributed by atoms with Crippen LogP contribution in [0.15, 0.2) is 30.7 Å². The standard InChI is InChI=1S/C29H35FN6O3/c1-18(37)34-9-11-35(12-10-34)19-13-20(14-19)36-15-23(25-27(31)32-17-33-28(25)36)22-3-2-4-24(26(22)30)38-16-29-7-5-21(39-29)6-8-29/h2-4,15,17,19-21H,5-14,16H2,1H3,(H2,31,32,33)/i5D2,6D2,7D2,8D2,21D. The largest absolute Gasteiger partial charge is 0.487 e. The zero-order chi connectivity index (χ0) is 34.8. The topological polar surface area (TPSA) is 98.7 Å². The molecule has 2 aromatic heterocycles. The van der Waals surface area contributed by atoms with E-state index in [0.717, 1.165) is 25.9 Å². The Morgan fingerprint density at radius 2 is 1.97 bits per heavy atom. The number of hydrogen-bond donors (Lipinski definition) is 1. The first-order chi connectivity index (χ1) is 22.3. The SMILES string of the molecule is [2H]C1([2H])C([2H])([2H])C2(COc3cccc(-c4cn(C5CC(N6CCN(C(C)=O)CC6)C5)c5ncnc(N)c45)c3F)OC1([2H])C([2H])([2H])C2([2H])[2H]. The van der Waals surface area contributed by atoms with Crippen molar-refractivity contribution in [1.29, 1.82) is 0 Å². The molecule has 1 aliphatic carbocycles. The third-order valence-corrected chi connectivity index (χ3v) is 8.11. The normalized spacial score (nSPS) is 39.1. The Labute approximate surface area is 239 Å². The number of benzene rings is 1. The third kappa shape index (κ3) is 4.24. The zero-order valence-corrected chi connectivity index (χ0v) is 21.4. The van der Waals surface area contributed by atoms with Gasteiger partial charge in [-0.25, -0.2) is 14.4 Å². The van der Waals surface area contributed by atoms with Crippen LogP contribution in [0, 0.1) is 5.82 Å². The number of amides is 1. The molecule has 1 amide bonds. The second-order valence-corrected chi connectivity index (χ2v) is 10.4. The highest BCUT2D eigenvalue weighted by atomic mass is 19.1. The van der Waals surface area contributed by atoms with Crippen molar-refractivity contribution in [2.75, 3.05) is 38.5 Å². The van der Waals surface area contributed by atoms with Crippen molar-refractivity contribution in [3.63, 3.8) is 0 Å². The number of carbonyl (C=O) groups excluding carboxylic acids is 1. The van der Waals surface area contributed by atoms with Crippen molar-refractivity contribution >= 4 is 22.8 Å². The first-order valence-corrected chi connectivity index (χ1v) is 13.1. The van der Waals surface area contributed by atoms with Crippen LogP contribution in [0.25, 0.3) is 22.2 Å². The van der Waals surface area contributed by atoms with Crippen LogP contribution in [0.3, 0.4) is 0 Å². The van der Waals surface area contributed by atoms with Crippen LogP contribution in [0.1, 0.15) is 63.6 Å². The maximum absolute atomic E-state index is 16.3. The van der Waals surface area contributed by atoms with Crippen molar-refractivity contribution in [1.82, 2.24) is 24.3 Å². The number of fused-ring (bicyclic) bond motifs is 3. The summed E-state index contributed by atoms with van der Waals surface area (Å²) in [5, 5.41) is 0.411. The number of ether oxygens (including phenoxy) is 2. The number of carbonyl (C=O) groups is 1. The predicted octanol–water partition coefficient (Wildman–Crippen LogP) is 3.78. The number of rotatable bonds is 6. The van der Waals surface area contributed by atoms with Crippen LogP contribution in [-0.4, -0.2) is 80.8 Å². The average Bonchev–Trinajstić information content (AvgIpc) is 3.48. The first-order valence-electron chi connectivity index (χ1n) is 17.6. The van der Waals surface area contributed by atoms with Gasteiger partial charge in [0.1, 0.15) is 30.0 Å². The molecular weight excluding hydrogens is 499 g/mol. The van der Waals surface area contributed by atoms with E-state index in [1.165, 1.54) is 24.5 Å². The monoisotopic (exact) mass is 543 g/mol. The smallest absolute Gasteiger partial charge is 0.219 e. The van der Waals surface area contributed by atoms with Gasteiger partial charge in [-0.15, -0.1) is 0 Å². The molecule has 7 rings (SSSR count). The van der Waals surface area contributed by atoms with Crippen molar-refractivity contribution in [2.24, 2.45) is 0 Å². The molecule has 5 heterocycles. The van der Waals surface area contributed by atoms with Crippen LogP contribution in [0.5, 0.6) is 5.75 Å². The lowest BCUT2D eigenvalue weighted by Gasteiger charge is -2.46.